The van der Waals surface area contributed by atoms with E-state index in [4.69, 9.17) is 9.15 Å². The van der Waals surface area contributed by atoms with Crippen LogP contribution in [-0.2, 0) is 17.6 Å². The molecule has 0 unspecified atom stereocenters. The van der Waals surface area contributed by atoms with Crippen molar-refractivity contribution in [3.8, 4) is 16.5 Å². The molecule has 0 radical (unpaired) electrons. The molecule has 1 aromatic carbocycles. The Morgan fingerprint density at radius 2 is 2.07 bits per heavy atom. The summed E-state index contributed by atoms with van der Waals surface area (Å²) in [7, 11) is 0. The summed E-state index contributed by atoms with van der Waals surface area (Å²) in [6.07, 6.45) is 1.76. The lowest BCUT2D eigenvalue weighted by Crippen LogP contribution is -2.12. The van der Waals surface area contributed by atoms with E-state index in [1.54, 1.807) is 23.7 Å². The molecule has 0 spiro atoms. The van der Waals surface area contributed by atoms with E-state index in [0.29, 0.717) is 11.6 Å². The summed E-state index contributed by atoms with van der Waals surface area (Å²) in [5.74, 6) is -0.249. The first-order valence-corrected chi connectivity index (χ1v) is 10.4. The fourth-order valence-corrected chi connectivity index (χ4v) is 4.21. The summed E-state index contributed by atoms with van der Waals surface area (Å²) < 4.78 is 26.2. The number of thiophene rings is 1. The van der Waals surface area contributed by atoms with Gasteiger partial charge in [0.2, 0.25) is 0 Å². The van der Waals surface area contributed by atoms with Gasteiger partial charge in [0.25, 0.3) is 11.8 Å². The van der Waals surface area contributed by atoms with E-state index >= 15 is 0 Å². The zero-order chi connectivity index (χ0) is 20.7. The third-order valence-electron chi connectivity index (χ3n) is 5.00. The van der Waals surface area contributed by atoms with Crippen LogP contribution < -0.4 is 0 Å². The van der Waals surface area contributed by atoms with Crippen molar-refractivity contribution in [2.45, 2.75) is 32.3 Å². The van der Waals surface area contributed by atoms with Crippen molar-refractivity contribution in [2.24, 2.45) is 0 Å². The van der Waals surface area contributed by atoms with Crippen LogP contribution in [0.2, 0.25) is 0 Å². The summed E-state index contributed by atoms with van der Waals surface area (Å²) in [6.45, 7) is 1.68. The Hall–Kier alpha value is -3.33. The van der Waals surface area contributed by atoms with Crippen molar-refractivity contribution in [1.29, 1.82) is 0 Å². The molecule has 0 saturated heterocycles. The Morgan fingerprint density at radius 3 is 2.83 bits per heavy atom. The fraction of sp³-hybridized carbons (Fsp3) is 0.238. The Kier molecular flexibility index (Phi) is 4.66. The van der Waals surface area contributed by atoms with Gasteiger partial charge >= 0.3 is 5.97 Å². The topological polar surface area (TPSA) is 83.0 Å². The number of halogens is 1. The molecule has 152 valence electrons. The molecule has 0 amide bonds. The SMILES string of the molecule is C[C@@H](OC(=O)c1nn(-c2ccc(F)cc2)c2c1CCC2)c1nnc(-c2cccs2)o1. The molecule has 9 heteroatoms. The van der Waals surface area contributed by atoms with Crippen LogP contribution in [0.25, 0.3) is 16.5 Å². The second kappa shape index (κ2) is 7.49. The number of hydrogen-bond donors (Lipinski definition) is 0. The van der Waals surface area contributed by atoms with E-state index in [2.05, 4.69) is 15.3 Å². The maximum Gasteiger partial charge on any atom is 0.359 e. The lowest BCUT2D eigenvalue weighted by molar-refractivity contribution is 0.0271. The zero-order valence-electron chi connectivity index (χ0n) is 16.0. The summed E-state index contributed by atoms with van der Waals surface area (Å²) in [5.41, 5.74) is 2.82. The molecule has 3 aromatic heterocycles. The van der Waals surface area contributed by atoms with Crippen molar-refractivity contribution < 1.29 is 18.3 Å². The summed E-state index contributed by atoms with van der Waals surface area (Å²) in [5, 5.41) is 14.4. The number of benzene rings is 1. The van der Waals surface area contributed by atoms with Crippen LogP contribution >= 0.6 is 11.3 Å². The highest BCUT2D eigenvalue weighted by Crippen LogP contribution is 2.30. The number of rotatable bonds is 5. The summed E-state index contributed by atoms with van der Waals surface area (Å²) >= 11 is 1.49. The molecule has 1 aliphatic rings. The minimum absolute atomic E-state index is 0.223. The van der Waals surface area contributed by atoms with Crippen molar-refractivity contribution in [3.05, 3.63) is 70.4 Å². The molecule has 0 bridgehead atoms. The molecule has 0 fully saturated rings. The van der Waals surface area contributed by atoms with Crippen LogP contribution in [0.15, 0.2) is 46.2 Å². The number of aromatic nitrogens is 4. The van der Waals surface area contributed by atoms with Gasteiger partial charge in [0, 0.05) is 11.3 Å². The quantitative estimate of drug-likeness (QED) is 0.438. The highest BCUT2D eigenvalue weighted by Gasteiger charge is 2.30. The Bertz CT molecular complexity index is 1200. The molecular formula is C21H17FN4O3S. The minimum atomic E-state index is -0.716. The first kappa shape index (κ1) is 18.7. The van der Waals surface area contributed by atoms with E-state index in [1.165, 1.54) is 23.5 Å². The fourth-order valence-electron chi connectivity index (χ4n) is 3.56. The van der Waals surface area contributed by atoms with Gasteiger partial charge in [0.05, 0.1) is 10.6 Å². The van der Waals surface area contributed by atoms with Gasteiger partial charge in [0.15, 0.2) is 11.8 Å². The normalized spacial score (nSPS) is 13.9. The van der Waals surface area contributed by atoms with Crippen molar-refractivity contribution in [3.63, 3.8) is 0 Å². The van der Waals surface area contributed by atoms with Gasteiger partial charge in [0.1, 0.15) is 5.82 Å². The van der Waals surface area contributed by atoms with Crippen LogP contribution in [0.4, 0.5) is 4.39 Å². The first-order chi connectivity index (χ1) is 14.6. The summed E-state index contributed by atoms with van der Waals surface area (Å²) in [4.78, 5) is 13.7. The van der Waals surface area contributed by atoms with E-state index in [1.807, 2.05) is 17.5 Å². The van der Waals surface area contributed by atoms with E-state index < -0.39 is 12.1 Å². The van der Waals surface area contributed by atoms with Crippen molar-refractivity contribution in [1.82, 2.24) is 20.0 Å². The Morgan fingerprint density at radius 1 is 1.23 bits per heavy atom. The molecule has 0 aliphatic heterocycles. The largest absolute Gasteiger partial charge is 0.448 e. The lowest BCUT2D eigenvalue weighted by atomic mass is 10.2. The second-order valence-electron chi connectivity index (χ2n) is 6.99. The average Bonchev–Trinajstić information content (AvgIpc) is 3.52. The molecule has 0 saturated carbocycles. The molecule has 1 atom stereocenters. The number of hydrogen-bond acceptors (Lipinski definition) is 7. The number of nitrogens with zero attached hydrogens (tertiary/aromatic N) is 4. The van der Waals surface area contributed by atoms with Crippen LogP contribution in [0.5, 0.6) is 0 Å². The van der Waals surface area contributed by atoms with Gasteiger partial charge in [-0.2, -0.15) is 5.10 Å². The third kappa shape index (κ3) is 3.30. The van der Waals surface area contributed by atoms with Crippen LogP contribution in [0.1, 0.15) is 47.1 Å². The molecule has 5 rings (SSSR count). The number of fused-ring (bicyclic) bond motifs is 1. The van der Waals surface area contributed by atoms with Crippen LogP contribution in [-0.4, -0.2) is 25.9 Å². The van der Waals surface area contributed by atoms with E-state index in [0.717, 1.165) is 35.4 Å². The lowest BCUT2D eigenvalue weighted by Gasteiger charge is -2.08. The maximum absolute atomic E-state index is 13.3. The molecule has 30 heavy (non-hydrogen) atoms. The van der Waals surface area contributed by atoms with Gasteiger partial charge in [-0.15, -0.1) is 21.5 Å². The van der Waals surface area contributed by atoms with E-state index in [9.17, 15) is 9.18 Å². The van der Waals surface area contributed by atoms with Crippen molar-refractivity contribution >= 4 is 17.3 Å². The Balaban J connectivity index is 1.39. The third-order valence-corrected chi connectivity index (χ3v) is 5.86. The van der Waals surface area contributed by atoms with Gasteiger partial charge in [-0.3, -0.25) is 0 Å². The predicted octanol–water partition coefficient (Wildman–Crippen LogP) is 4.53. The van der Waals surface area contributed by atoms with Gasteiger partial charge in [-0.25, -0.2) is 13.9 Å². The van der Waals surface area contributed by atoms with Crippen molar-refractivity contribution in [2.75, 3.05) is 0 Å². The van der Waals surface area contributed by atoms with Gasteiger partial charge in [-0.1, -0.05) is 6.07 Å². The standard InChI is InChI=1S/C21H17FN4O3S/c1-12(19-23-24-20(29-19)17-6-3-11-30-17)28-21(27)18-15-4-2-5-16(15)26(25-18)14-9-7-13(22)8-10-14/h3,6-12H,2,4-5H2,1H3/t12-/m1/s1. The van der Waals surface area contributed by atoms with Crippen LogP contribution in [0.3, 0.4) is 0 Å². The molecular weight excluding hydrogens is 407 g/mol. The van der Waals surface area contributed by atoms with Crippen LogP contribution in [0, 0.1) is 5.82 Å². The molecule has 4 aromatic rings. The highest BCUT2D eigenvalue weighted by molar-refractivity contribution is 7.13. The average molecular weight is 424 g/mol. The van der Waals surface area contributed by atoms with E-state index in [-0.39, 0.29) is 17.4 Å². The number of carbonyl (C=O) groups is 1. The number of carbonyl (C=O) groups excluding carboxylic acids is 1. The monoisotopic (exact) mass is 424 g/mol. The summed E-state index contributed by atoms with van der Waals surface area (Å²) in [6, 6.07) is 9.81. The molecule has 1 aliphatic carbocycles. The number of ether oxygens (including phenoxy) is 1. The Labute approximate surface area is 175 Å². The molecule has 0 N–H and O–H groups in total. The smallest absolute Gasteiger partial charge is 0.359 e. The number of esters is 1. The second-order valence-corrected chi connectivity index (χ2v) is 7.93. The minimum Gasteiger partial charge on any atom is -0.448 e. The molecule has 3 heterocycles. The van der Waals surface area contributed by atoms with Gasteiger partial charge in [-0.05, 0) is 61.9 Å². The predicted molar refractivity (Wildman–Crippen MR) is 107 cm³/mol. The first-order valence-electron chi connectivity index (χ1n) is 9.55. The highest BCUT2D eigenvalue weighted by atomic mass is 32.1. The molecule has 7 nitrogen and oxygen atoms in total. The maximum atomic E-state index is 13.3. The van der Waals surface area contributed by atoms with Gasteiger partial charge < -0.3 is 9.15 Å². The zero-order valence-corrected chi connectivity index (χ0v) is 16.9.